The van der Waals surface area contributed by atoms with Crippen molar-refractivity contribution in [1.82, 2.24) is 19.6 Å². The molecular weight excluding hydrogens is 350 g/mol. The van der Waals surface area contributed by atoms with Gasteiger partial charge in [0.1, 0.15) is 13.2 Å². The quantitative estimate of drug-likeness (QED) is 0.689. The van der Waals surface area contributed by atoms with Crippen molar-refractivity contribution in [3.63, 3.8) is 0 Å². The fraction of sp³-hybridized carbons (Fsp3) is 0.444. The van der Waals surface area contributed by atoms with Gasteiger partial charge in [0.2, 0.25) is 0 Å². The SMILES string of the molecule is CN1C(=O)C2C(N=C3N(CC(=O)OCc4ccccc4)CCN32)N(C)C1=O. The molecule has 0 aromatic heterocycles. The van der Waals surface area contributed by atoms with E-state index < -0.39 is 12.2 Å². The Labute approximate surface area is 156 Å². The highest BCUT2D eigenvalue weighted by Crippen LogP contribution is 2.30. The highest BCUT2D eigenvalue weighted by molar-refractivity contribution is 6.04. The highest BCUT2D eigenvalue weighted by Gasteiger charge is 2.53. The molecule has 3 heterocycles. The van der Waals surface area contributed by atoms with E-state index in [-0.39, 0.29) is 31.1 Å². The van der Waals surface area contributed by atoms with Crippen molar-refractivity contribution in [3.8, 4) is 0 Å². The van der Waals surface area contributed by atoms with Gasteiger partial charge in [-0.05, 0) is 5.56 Å². The molecule has 0 bridgehead atoms. The van der Waals surface area contributed by atoms with Crippen LogP contribution in [0.3, 0.4) is 0 Å². The van der Waals surface area contributed by atoms with Gasteiger partial charge in [-0.3, -0.25) is 14.5 Å². The number of carbonyl (C=O) groups excluding carboxylic acids is 3. The lowest BCUT2D eigenvalue weighted by atomic mass is 10.1. The second-order valence-electron chi connectivity index (χ2n) is 6.84. The number of esters is 1. The summed E-state index contributed by atoms with van der Waals surface area (Å²) >= 11 is 0. The van der Waals surface area contributed by atoms with E-state index in [0.717, 1.165) is 10.5 Å². The van der Waals surface area contributed by atoms with Gasteiger partial charge in [0.05, 0.1) is 0 Å². The van der Waals surface area contributed by atoms with Crippen LogP contribution in [0.15, 0.2) is 35.3 Å². The third kappa shape index (κ3) is 2.88. The number of rotatable bonds is 4. The fourth-order valence-electron chi connectivity index (χ4n) is 3.67. The van der Waals surface area contributed by atoms with E-state index in [2.05, 4.69) is 4.99 Å². The largest absolute Gasteiger partial charge is 0.459 e. The van der Waals surface area contributed by atoms with Crippen molar-refractivity contribution in [2.24, 2.45) is 4.99 Å². The minimum Gasteiger partial charge on any atom is -0.459 e. The molecule has 0 radical (unpaired) electrons. The lowest BCUT2D eigenvalue weighted by molar-refractivity contribution is -0.145. The number of aliphatic imine (C=N–C) groups is 1. The molecule has 3 aliphatic heterocycles. The summed E-state index contributed by atoms with van der Waals surface area (Å²) in [6.45, 7) is 1.43. The molecular formula is C18H21N5O4. The van der Waals surface area contributed by atoms with Crippen LogP contribution in [0.2, 0.25) is 0 Å². The lowest BCUT2D eigenvalue weighted by Crippen LogP contribution is -2.63. The Morgan fingerprint density at radius 3 is 2.67 bits per heavy atom. The zero-order valence-corrected chi connectivity index (χ0v) is 15.2. The number of hydrogen-bond acceptors (Lipinski definition) is 7. The summed E-state index contributed by atoms with van der Waals surface area (Å²) in [7, 11) is 3.11. The summed E-state index contributed by atoms with van der Waals surface area (Å²) in [6, 6.07) is 8.57. The first-order chi connectivity index (χ1) is 13.0. The Morgan fingerprint density at radius 1 is 1.19 bits per heavy atom. The predicted octanol–water partition coefficient (Wildman–Crippen LogP) is -0.0645. The standard InChI is InChI=1S/C18H21N5O4/c1-20-15-14(16(25)21(2)18(20)26)23-9-8-22(17(23)19-15)10-13(24)27-11-12-6-4-3-5-7-12/h3-7,14-15H,8-11H2,1-2H3. The first kappa shape index (κ1) is 17.3. The molecule has 1 aromatic carbocycles. The molecule has 0 aliphatic carbocycles. The molecule has 0 saturated carbocycles. The summed E-state index contributed by atoms with van der Waals surface area (Å²) in [5, 5.41) is 0. The van der Waals surface area contributed by atoms with Crippen molar-refractivity contribution in [3.05, 3.63) is 35.9 Å². The van der Waals surface area contributed by atoms with Crippen molar-refractivity contribution >= 4 is 23.9 Å². The second-order valence-corrected chi connectivity index (χ2v) is 6.84. The summed E-state index contributed by atoms with van der Waals surface area (Å²) in [5.74, 6) is -0.0496. The number of likely N-dealkylation sites (N-methyl/N-ethyl adjacent to an activating group) is 2. The molecule has 9 nitrogen and oxygen atoms in total. The predicted molar refractivity (Wildman–Crippen MR) is 95.5 cm³/mol. The Kier molecular flexibility index (Phi) is 4.21. The number of imide groups is 1. The minimum absolute atomic E-state index is 0.0588. The van der Waals surface area contributed by atoms with Crippen molar-refractivity contribution in [2.75, 3.05) is 33.7 Å². The van der Waals surface area contributed by atoms with Crippen molar-refractivity contribution in [1.29, 1.82) is 0 Å². The molecule has 142 valence electrons. The van der Waals surface area contributed by atoms with E-state index in [4.69, 9.17) is 4.74 Å². The first-order valence-corrected chi connectivity index (χ1v) is 8.80. The summed E-state index contributed by atoms with van der Waals surface area (Å²) in [4.78, 5) is 47.7. The molecule has 2 atom stereocenters. The number of urea groups is 1. The van der Waals surface area contributed by atoms with Crippen LogP contribution in [0, 0.1) is 0 Å². The van der Waals surface area contributed by atoms with E-state index in [1.165, 1.54) is 11.9 Å². The molecule has 1 aromatic rings. The molecule has 0 spiro atoms. The molecule has 2 unspecified atom stereocenters. The molecule has 3 amide bonds. The zero-order chi connectivity index (χ0) is 19.1. The van der Waals surface area contributed by atoms with Gasteiger partial charge >= 0.3 is 12.0 Å². The summed E-state index contributed by atoms with van der Waals surface area (Å²) in [6.07, 6.45) is -0.556. The number of nitrogens with zero attached hydrogens (tertiary/aromatic N) is 5. The van der Waals surface area contributed by atoms with Gasteiger partial charge in [0, 0.05) is 27.2 Å². The average molecular weight is 371 g/mol. The van der Waals surface area contributed by atoms with Crippen LogP contribution in [0.5, 0.6) is 0 Å². The summed E-state index contributed by atoms with van der Waals surface area (Å²) < 4.78 is 5.34. The summed E-state index contributed by atoms with van der Waals surface area (Å²) in [5.41, 5.74) is 0.923. The van der Waals surface area contributed by atoms with E-state index >= 15 is 0 Å². The normalized spacial score (nSPS) is 24.1. The number of ether oxygens (including phenoxy) is 1. The zero-order valence-electron chi connectivity index (χ0n) is 15.2. The number of fused-ring (bicyclic) bond motifs is 3. The Morgan fingerprint density at radius 2 is 1.93 bits per heavy atom. The topological polar surface area (TPSA) is 85.8 Å². The van der Waals surface area contributed by atoms with Crippen LogP contribution >= 0.6 is 0 Å². The van der Waals surface area contributed by atoms with Gasteiger partial charge in [-0.1, -0.05) is 30.3 Å². The number of carbonyl (C=O) groups is 3. The molecule has 2 saturated heterocycles. The Balaban J connectivity index is 1.42. The fourth-order valence-corrected chi connectivity index (χ4v) is 3.67. The molecule has 0 N–H and O–H groups in total. The van der Waals surface area contributed by atoms with Gasteiger partial charge in [-0.2, -0.15) is 0 Å². The van der Waals surface area contributed by atoms with Gasteiger partial charge in [-0.15, -0.1) is 0 Å². The average Bonchev–Trinajstić information content (AvgIpc) is 3.24. The smallest absolute Gasteiger partial charge is 0.328 e. The molecule has 27 heavy (non-hydrogen) atoms. The second kappa shape index (κ2) is 6.57. The van der Waals surface area contributed by atoms with Crippen LogP contribution in [0.4, 0.5) is 4.79 Å². The number of amides is 3. The highest BCUT2D eigenvalue weighted by atomic mass is 16.5. The third-order valence-electron chi connectivity index (χ3n) is 5.15. The first-order valence-electron chi connectivity index (χ1n) is 8.80. The minimum atomic E-state index is -0.556. The van der Waals surface area contributed by atoms with Crippen LogP contribution in [-0.2, 0) is 20.9 Å². The van der Waals surface area contributed by atoms with Crippen LogP contribution in [0.1, 0.15) is 5.56 Å². The maximum absolute atomic E-state index is 12.5. The Bertz CT molecular complexity index is 811. The van der Waals surface area contributed by atoms with Gasteiger partial charge in [0.25, 0.3) is 5.91 Å². The monoisotopic (exact) mass is 371 g/mol. The number of guanidine groups is 1. The third-order valence-corrected chi connectivity index (χ3v) is 5.15. The molecule has 2 fully saturated rings. The van der Waals surface area contributed by atoms with Gasteiger partial charge in [-0.25, -0.2) is 9.79 Å². The molecule has 3 aliphatic rings. The van der Waals surface area contributed by atoms with Gasteiger partial charge in [0.15, 0.2) is 18.2 Å². The van der Waals surface area contributed by atoms with E-state index in [9.17, 15) is 14.4 Å². The van der Waals surface area contributed by atoms with Crippen LogP contribution in [-0.4, -0.2) is 89.4 Å². The van der Waals surface area contributed by atoms with Crippen molar-refractivity contribution in [2.45, 2.75) is 18.8 Å². The Hall–Kier alpha value is -3.10. The van der Waals surface area contributed by atoms with E-state index in [1.54, 1.807) is 11.9 Å². The lowest BCUT2D eigenvalue weighted by Gasteiger charge is -2.38. The van der Waals surface area contributed by atoms with Gasteiger partial charge < -0.3 is 19.4 Å². The number of benzene rings is 1. The molecule has 4 rings (SSSR count). The maximum atomic E-state index is 12.5. The molecule has 9 heteroatoms. The van der Waals surface area contributed by atoms with E-state index in [1.807, 2.05) is 35.2 Å². The van der Waals surface area contributed by atoms with E-state index in [0.29, 0.717) is 19.0 Å². The maximum Gasteiger partial charge on any atom is 0.328 e. The number of hydrogen-bond donors (Lipinski definition) is 0. The van der Waals surface area contributed by atoms with Crippen LogP contribution in [0.25, 0.3) is 0 Å². The van der Waals surface area contributed by atoms with Crippen LogP contribution < -0.4 is 0 Å². The van der Waals surface area contributed by atoms with Crippen molar-refractivity contribution < 1.29 is 19.1 Å².